The zero-order valence-corrected chi connectivity index (χ0v) is 13.9. The molecule has 2 aliphatic rings. The van der Waals surface area contributed by atoms with E-state index in [4.69, 9.17) is 0 Å². The molecule has 2 rings (SSSR count). The van der Waals surface area contributed by atoms with Gasteiger partial charge in [0.1, 0.15) is 0 Å². The van der Waals surface area contributed by atoms with Gasteiger partial charge < -0.3 is 10.0 Å². The molecule has 1 saturated heterocycles. The third-order valence-corrected chi connectivity index (χ3v) is 4.78. The molecule has 1 aliphatic heterocycles. The van der Waals surface area contributed by atoms with Crippen molar-refractivity contribution in [2.45, 2.75) is 51.3 Å². The third kappa shape index (κ3) is 5.35. The fourth-order valence-corrected chi connectivity index (χ4v) is 3.64. The molecule has 1 heterocycles. The number of hydrogen-bond donors (Lipinski definition) is 1. The van der Waals surface area contributed by atoms with Crippen LogP contribution in [-0.2, 0) is 4.79 Å². The zero-order chi connectivity index (χ0) is 17.3. The summed E-state index contributed by atoms with van der Waals surface area (Å²) in [7, 11) is 0. The minimum Gasteiger partial charge on any atom is -0.389 e. The van der Waals surface area contributed by atoms with E-state index in [9.17, 15) is 23.1 Å². The highest BCUT2D eigenvalue weighted by atomic mass is 19.4. The first-order valence-corrected chi connectivity index (χ1v) is 8.36. The van der Waals surface area contributed by atoms with Crippen LogP contribution in [0.1, 0.15) is 39.5 Å². The molecule has 1 saturated carbocycles. The molecule has 0 bridgehead atoms. The van der Waals surface area contributed by atoms with Crippen LogP contribution >= 0.6 is 0 Å². The summed E-state index contributed by atoms with van der Waals surface area (Å²) in [6.07, 6.45) is -3.07. The summed E-state index contributed by atoms with van der Waals surface area (Å²) >= 11 is 0. The van der Waals surface area contributed by atoms with Gasteiger partial charge in [-0.25, -0.2) is 0 Å². The first-order valence-electron chi connectivity index (χ1n) is 8.36. The van der Waals surface area contributed by atoms with Crippen molar-refractivity contribution in [2.24, 2.45) is 11.8 Å². The molecule has 0 spiro atoms. The predicted molar refractivity (Wildman–Crippen MR) is 80.8 cm³/mol. The number of nitrogens with zero attached hydrogens (tertiary/aromatic N) is 2. The molecule has 4 nitrogen and oxygen atoms in total. The second-order valence-electron chi connectivity index (χ2n) is 7.52. The molecule has 1 N–H and O–H groups in total. The standard InChI is InChI=1S/C16H27F3N2O2/c1-15(2,23)11-20-6-8-21(9-7-20)14(22)12-4-3-5-13(10-12)16(17,18)19/h12-13,23H,3-11H2,1-2H3. The molecule has 1 amide bonds. The van der Waals surface area contributed by atoms with E-state index in [0.717, 1.165) is 0 Å². The lowest BCUT2D eigenvalue weighted by Gasteiger charge is -2.39. The van der Waals surface area contributed by atoms with E-state index >= 15 is 0 Å². The highest BCUT2D eigenvalue weighted by Gasteiger charge is 2.44. The van der Waals surface area contributed by atoms with Gasteiger partial charge in [-0.05, 0) is 33.1 Å². The Morgan fingerprint density at radius 3 is 2.26 bits per heavy atom. The lowest BCUT2D eigenvalue weighted by atomic mass is 9.80. The summed E-state index contributed by atoms with van der Waals surface area (Å²) in [6, 6.07) is 0. The number of carbonyl (C=O) groups is 1. The summed E-state index contributed by atoms with van der Waals surface area (Å²) in [5, 5.41) is 9.83. The van der Waals surface area contributed by atoms with Gasteiger partial charge in [0.25, 0.3) is 0 Å². The van der Waals surface area contributed by atoms with Crippen LogP contribution in [0, 0.1) is 11.8 Å². The summed E-state index contributed by atoms with van der Waals surface area (Å²) in [4.78, 5) is 16.3. The number of amides is 1. The smallest absolute Gasteiger partial charge is 0.389 e. The number of aliphatic hydroxyl groups is 1. The van der Waals surface area contributed by atoms with Crippen LogP contribution in [0.2, 0.25) is 0 Å². The molecular weight excluding hydrogens is 309 g/mol. The van der Waals surface area contributed by atoms with Crippen molar-refractivity contribution in [3.05, 3.63) is 0 Å². The minimum atomic E-state index is -4.19. The Bertz CT molecular complexity index is 413. The van der Waals surface area contributed by atoms with Crippen molar-refractivity contribution >= 4 is 5.91 Å². The number of hydrogen-bond acceptors (Lipinski definition) is 3. The maximum absolute atomic E-state index is 12.9. The molecule has 2 atom stereocenters. The SMILES string of the molecule is CC(C)(O)CN1CCN(C(=O)C2CCCC(C(F)(F)F)C2)CC1. The largest absolute Gasteiger partial charge is 0.391 e. The van der Waals surface area contributed by atoms with Crippen LogP contribution in [0.25, 0.3) is 0 Å². The second kappa shape index (κ2) is 6.97. The molecule has 7 heteroatoms. The fraction of sp³-hybridized carbons (Fsp3) is 0.938. The number of piperazine rings is 1. The van der Waals surface area contributed by atoms with E-state index in [1.165, 1.54) is 0 Å². The predicted octanol–water partition coefficient (Wildman–Crippen LogP) is 2.27. The van der Waals surface area contributed by atoms with Gasteiger partial charge in [-0.15, -0.1) is 0 Å². The molecule has 134 valence electrons. The Balaban J connectivity index is 1.85. The normalized spacial score (nSPS) is 28.0. The summed E-state index contributed by atoms with van der Waals surface area (Å²) in [5.41, 5.74) is -0.782. The molecule has 0 aromatic carbocycles. The lowest BCUT2D eigenvalue weighted by molar-refractivity contribution is -0.187. The van der Waals surface area contributed by atoms with E-state index < -0.39 is 23.6 Å². The van der Waals surface area contributed by atoms with Crippen LogP contribution < -0.4 is 0 Å². The van der Waals surface area contributed by atoms with Gasteiger partial charge in [0, 0.05) is 38.6 Å². The minimum absolute atomic E-state index is 0.0633. The number of halogens is 3. The summed E-state index contributed by atoms with van der Waals surface area (Å²) < 4.78 is 38.6. The van der Waals surface area contributed by atoms with E-state index in [1.807, 2.05) is 0 Å². The first-order chi connectivity index (χ1) is 10.6. The van der Waals surface area contributed by atoms with Gasteiger partial charge >= 0.3 is 6.18 Å². The fourth-order valence-electron chi connectivity index (χ4n) is 3.64. The Hall–Kier alpha value is -0.820. The molecule has 2 unspecified atom stereocenters. The van der Waals surface area contributed by atoms with E-state index in [-0.39, 0.29) is 18.7 Å². The average molecular weight is 336 g/mol. The van der Waals surface area contributed by atoms with Gasteiger partial charge in [-0.1, -0.05) is 6.42 Å². The van der Waals surface area contributed by atoms with E-state index in [0.29, 0.717) is 45.6 Å². The second-order valence-corrected chi connectivity index (χ2v) is 7.52. The van der Waals surface area contributed by atoms with Crippen molar-refractivity contribution in [1.82, 2.24) is 9.80 Å². The van der Waals surface area contributed by atoms with Crippen LogP contribution in [0.15, 0.2) is 0 Å². The Morgan fingerprint density at radius 1 is 1.13 bits per heavy atom. The average Bonchev–Trinajstić information content (AvgIpc) is 2.45. The number of carbonyl (C=O) groups excluding carboxylic acids is 1. The molecule has 2 fully saturated rings. The number of β-amino-alcohol motifs (C(OH)–C–C–N with tert-alkyl or cyclic N) is 1. The summed E-state index contributed by atoms with van der Waals surface area (Å²) in [5.74, 6) is -1.94. The van der Waals surface area contributed by atoms with Crippen molar-refractivity contribution in [1.29, 1.82) is 0 Å². The van der Waals surface area contributed by atoms with Crippen LogP contribution in [-0.4, -0.2) is 65.3 Å². The summed E-state index contributed by atoms with van der Waals surface area (Å²) in [6.45, 7) is 6.39. The van der Waals surface area contributed by atoms with Gasteiger partial charge in [-0.2, -0.15) is 13.2 Å². The monoisotopic (exact) mass is 336 g/mol. The van der Waals surface area contributed by atoms with Gasteiger partial charge in [0.2, 0.25) is 5.91 Å². The topological polar surface area (TPSA) is 43.8 Å². The number of rotatable bonds is 3. The first kappa shape index (κ1) is 18.5. The Kier molecular flexibility index (Phi) is 5.61. The highest BCUT2D eigenvalue weighted by molar-refractivity contribution is 5.79. The lowest BCUT2D eigenvalue weighted by Crippen LogP contribution is -2.53. The van der Waals surface area contributed by atoms with Crippen molar-refractivity contribution in [3.8, 4) is 0 Å². The maximum Gasteiger partial charge on any atom is 0.391 e. The molecule has 0 aromatic rings. The van der Waals surface area contributed by atoms with Gasteiger partial charge in [0.05, 0.1) is 11.5 Å². The van der Waals surface area contributed by atoms with Crippen molar-refractivity contribution < 1.29 is 23.1 Å². The highest BCUT2D eigenvalue weighted by Crippen LogP contribution is 2.40. The van der Waals surface area contributed by atoms with Gasteiger partial charge in [0.15, 0.2) is 0 Å². The maximum atomic E-state index is 12.9. The van der Waals surface area contributed by atoms with Crippen LogP contribution in [0.5, 0.6) is 0 Å². The Morgan fingerprint density at radius 2 is 1.74 bits per heavy atom. The van der Waals surface area contributed by atoms with Gasteiger partial charge in [-0.3, -0.25) is 9.69 Å². The van der Waals surface area contributed by atoms with Crippen LogP contribution in [0.4, 0.5) is 13.2 Å². The van der Waals surface area contributed by atoms with Crippen molar-refractivity contribution in [2.75, 3.05) is 32.7 Å². The number of alkyl halides is 3. The van der Waals surface area contributed by atoms with Crippen LogP contribution in [0.3, 0.4) is 0 Å². The third-order valence-electron chi connectivity index (χ3n) is 4.78. The Labute approximate surface area is 135 Å². The zero-order valence-electron chi connectivity index (χ0n) is 13.9. The molecular formula is C16H27F3N2O2. The molecule has 1 aliphatic carbocycles. The quantitative estimate of drug-likeness (QED) is 0.860. The molecule has 0 radical (unpaired) electrons. The van der Waals surface area contributed by atoms with E-state index in [2.05, 4.69) is 4.90 Å². The molecule has 0 aromatic heterocycles. The molecule has 23 heavy (non-hydrogen) atoms. The van der Waals surface area contributed by atoms with Crippen molar-refractivity contribution in [3.63, 3.8) is 0 Å². The van der Waals surface area contributed by atoms with E-state index in [1.54, 1.807) is 18.7 Å².